The summed E-state index contributed by atoms with van der Waals surface area (Å²) in [5, 5.41) is 4.62. The number of amides is 1. The number of anilines is 1. The molecule has 6 heteroatoms. The molecule has 5 rings (SSSR count). The van der Waals surface area contributed by atoms with Crippen molar-refractivity contribution >= 4 is 58.0 Å². The Balaban J connectivity index is 1.27. The first kappa shape index (κ1) is 20.6. The van der Waals surface area contributed by atoms with Crippen LogP contribution in [0.1, 0.15) is 16.8 Å². The van der Waals surface area contributed by atoms with Gasteiger partial charge in [0, 0.05) is 15.3 Å². The van der Waals surface area contributed by atoms with E-state index in [0.29, 0.717) is 17.4 Å². The van der Waals surface area contributed by atoms with Crippen LogP contribution < -0.4 is 10.1 Å². The van der Waals surface area contributed by atoms with E-state index < -0.39 is 0 Å². The van der Waals surface area contributed by atoms with Crippen molar-refractivity contribution in [3.63, 3.8) is 0 Å². The average molecular weight is 459 g/mol. The Labute approximate surface area is 195 Å². The highest BCUT2D eigenvalue weighted by Crippen LogP contribution is 2.34. The molecule has 0 atom stereocenters. The second-order valence-corrected chi connectivity index (χ2v) is 8.89. The molecule has 0 aliphatic carbocycles. The second kappa shape index (κ2) is 9.07. The standard InChI is InChI=1S/C26H19ClN2O2S/c27-20-7-5-19-6-9-21(28-24(19)13-20)8-4-17-2-1-3-18(12-17)15-31-22-10-11-23-25(14-22)32-16-26(30)29-23/h1-14H,15-16H2,(H,29,30). The molecule has 32 heavy (non-hydrogen) atoms. The molecule has 158 valence electrons. The molecule has 4 nitrogen and oxygen atoms in total. The second-order valence-electron chi connectivity index (χ2n) is 7.44. The molecule has 3 aromatic carbocycles. The molecule has 1 amide bonds. The summed E-state index contributed by atoms with van der Waals surface area (Å²) in [6.07, 6.45) is 4.04. The zero-order chi connectivity index (χ0) is 21.9. The number of fused-ring (bicyclic) bond motifs is 2. The van der Waals surface area contributed by atoms with Crippen LogP contribution in [0.5, 0.6) is 5.75 Å². The van der Waals surface area contributed by atoms with Gasteiger partial charge >= 0.3 is 0 Å². The molecule has 4 aromatic rings. The molecule has 0 saturated heterocycles. The largest absolute Gasteiger partial charge is 0.489 e. The van der Waals surface area contributed by atoms with Gasteiger partial charge < -0.3 is 10.1 Å². The number of hydrogen-bond acceptors (Lipinski definition) is 4. The van der Waals surface area contributed by atoms with E-state index in [-0.39, 0.29) is 5.91 Å². The van der Waals surface area contributed by atoms with Gasteiger partial charge in [0.2, 0.25) is 5.91 Å². The molecular formula is C26H19ClN2O2S. The van der Waals surface area contributed by atoms with Crippen LogP contribution in [0.3, 0.4) is 0 Å². The minimum Gasteiger partial charge on any atom is -0.489 e. The third kappa shape index (κ3) is 4.79. The Morgan fingerprint density at radius 3 is 2.88 bits per heavy atom. The SMILES string of the molecule is O=C1CSc2cc(OCc3cccc(C=Cc4ccc5ccc(Cl)cc5n4)c3)ccc2N1. The normalized spacial score (nSPS) is 13.2. The van der Waals surface area contributed by atoms with Crippen LogP contribution in [0.4, 0.5) is 5.69 Å². The van der Waals surface area contributed by atoms with Crippen molar-refractivity contribution in [2.24, 2.45) is 0 Å². The van der Waals surface area contributed by atoms with E-state index in [4.69, 9.17) is 16.3 Å². The molecular weight excluding hydrogens is 440 g/mol. The molecule has 0 unspecified atom stereocenters. The van der Waals surface area contributed by atoms with Crippen molar-refractivity contribution in [1.29, 1.82) is 0 Å². The van der Waals surface area contributed by atoms with Gasteiger partial charge in [-0.2, -0.15) is 0 Å². The lowest BCUT2D eigenvalue weighted by Gasteiger charge is -2.17. The van der Waals surface area contributed by atoms with Gasteiger partial charge in [-0.05, 0) is 59.7 Å². The summed E-state index contributed by atoms with van der Waals surface area (Å²) in [4.78, 5) is 17.2. The van der Waals surface area contributed by atoms with E-state index in [2.05, 4.69) is 22.4 Å². The molecule has 0 spiro atoms. The fraction of sp³-hybridized carbons (Fsp3) is 0.0769. The van der Waals surface area contributed by atoms with Crippen LogP contribution >= 0.6 is 23.4 Å². The maximum absolute atomic E-state index is 11.5. The van der Waals surface area contributed by atoms with Gasteiger partial charge in [-0.1, -0.05) is 48.0 Å². The number of halogens is 1. The van der Waals surface area contributed by atoms with Gasteiger partial charge in [-0.3, -0.25) is 4.79 Å². The lowest BCUT2D eigenvalue weighted by atomic mass is 10.1. The minimum absolute atomic E-state index is 0.0312. The Bertz CT molecular complexity index is 1350. The third-order valence-electron chi connectivity index (χ3n) is 5.06. The van der Waals surface area contributed by atoms with Crippen molar-refractivity contribution in [2.45, 2.75) is 11.5 Å². The van der Waals surface area contributed by atoms with Crippen LogP contribution in [0.15, 0.2) is 77.7 Å². The predicted molar refractivity (Wildman–Crippen MR) is 132 cm³/mol. The summed E-state index contributed by atoms with van der Waals surface area (Å²) in [6.45, 7) is 0.463. The Morgan fingerprint density at radius 2 is 1.94 bits per heavy atom. The first-order chi connectivity index (χ1) is 15.6. The monoisotopic (exact) mass is 458 g/mol. The van der Waals surface area contributed by atoms with E-state index in [1.54, 1.807) is 0 Å². The van der Waals surface area contributed by atoms with Crippen LogP contribution in [0.25, 0.3) is 23.1 Å². The molecule has 0 bridgehead atoms. The van der Waals surface area contributed by atoms with Crippen molar-refractivity contribution in [2.75, 3.05) is 11.1 Å². The topological polar surface area (TPSA) is 51.2 Å². The molecule has 0 fully saturated rings. The van der Waals surface area contributed by atoms with Gasteiger partial charge in [0.05, 0.1) is 22.7 Å². The number of aromatic nitrogens is 1. The number of thioether (sulfide) groups is 1. The molecule has 1 aliphatic heterocycles. The lowest BCUT2D eigenvalue weighted by Crippen LogP contribution is -2.18. The summed E-state index contributed by atoms with van der Waals surface area (Å²) < 4.78 is 5.99. The number of benzene rings is 3. The van der Waals surface area contributed by atoms with Gasteiger partial charge in [0.25, 0.3) is 0 Å². The molecule has 2 heterocycles. The number of nitrogens with one attached hydrogen (secondary N) is 1. The van der Waals surface area contributed by atoms with Crippen molar-refractivity contribution in [3.8, 4) is 5.75 Å². The lowest BCUT2D eigenvalue weighted by molar-refractivity contribution is -0.113. The highest BCUT2D eigenvalue weighted by molar-refractivity contribution is 8.00. The van der Waals surface area contributed by atoms with E-state index in [1.807, 2.05) is 72.8 Å². The fourth-order valence-electron chi connectivity index (χ4n) is 3.48. The zero-order valence-corrected chi connectivity index (χ0v) is 18.6. The van der Waals surface area contributed by atoms with E-state index >= 15 is 0 Å². The summed E-state index contributed by atoms with van der Waals surface area (Å²) in [5.74, 6) is 1.25. The summed E-state index contributed by atoms with van der Waals surface area (Å²) in [6, 6.07) is 23.7. The summed E-state index contributed by atoms with van der Waals surface area (Å²) >= 11 is 7.61. The highest BCUT2D eigenvalue weighted by atomic mass is 35.5. The number of carbonyl (C=O) groups is 1. The number of nitrogens with zero attached hydrogens (tertiary/aromatic N) is 1. The molecule has 1 aliphatic rings. The molecule has 0 saturated carbocycles. The summed E-state index contributed by atoms with van der Waals surface area (Å²) in [5.41, 5.74) is 4.74. The molecule has 0 radical (unpaired) electrons. The average Bonchev–Trinajstić information content (AvgIpc) is 2.81. The van der Waals surface area contributed by atoms with E-state index in [0.717, 1.165) is 44.1 Å². The van der Waals surface area contributed by atoms with Gasteiger partial charge in [0.15, 0.2) is 0 Å². The number of pyridine rings is 1. The Kier molecular flexibility index (Phi) is 5.84. The maximum atomic E-state index is 11.5. The fourth-order valence-corrected chi connectivity index (χ4v) is 4.48. The summed E-state index contributed by atoms with van der Waals surface area (Å²) in [7, 11) is 0. The van der Waals surface area contributed by atoms with Gasteiger partial charge in [-0.25, -0.2) is 4.98 Å². The smallest absolute Gasteiger partial charge is 0.234 e. The minimum atomic E-state index is 0.0312. The quantitative estimate of drug-likeness (QED) is 0.362. The van der Waals surface area contributed by atoms with E-state index in [1.165, 1.54) is 11.8 Å². The Hall–Kier alpha value is -3.28. The zero-order valence-electron chi connectivity index (χ0n) is 17.0. The number of rotatable bonds is 5. The predicted octanol–water partition coefficient (Wildman–Crippen LogP) is 6.68. The Morgan fingerprint density at radius 1 is 1.03 bits per heavy atom. The van der Waals surface area contributed by atoms with Crippen molar-refractivity contribution in [3.05, 3.63) is 94.6 Å². The van der Waals surface area contributed by atoms with Crippen LogP contribution in [-0.4, -0.2) is 16.6 Å². The van der Waals surface area contributed by atoms with Gasteiger partial charge in [-0.15, -0.1) is 11.8 Å². The molecule has 1 aromatic heterocycles. The van der Waals surface area contributed by atoms with Crippen LogP contribution in [0.2, 0.25) is 5.02 Å². The van der Waals surface area contributed by atoms with Crippen LogP contribution in [-0.2, 0) is 11.4 Å². The number of carbonyl (C=O) groups excluding carboxylic acids is 1. The number of hydrogen-bond donors (Lipinski definition) is 1. The van der Waals surface area contributed by atoms with E-state index in [9.17, 15) is 4.79 Å². The molecule has 1 N–H and O–H groups in total. The number of ether oxygens (including phenoxy) is 1. The first-order valence-corrected chi connectivity index (χ1v) is 11.5. The van der Waals surface area contributed by atoms with Gasteiger partial charge in [0.1, 0.15) is 12.4 Å². The maximum Gasteiger partial charge on any atom is 0.234 e. The third-order valence-corrected chi connectivity index (χ3v) is 6.36. The van der Waals surface area contributed by atoms with Crippen molar-refractivity contribution in [1.82, 2.24) is 4.98 Å². The van der Waals surface area contributed by atoms with Crippen LogP contribution in [0, 0.1) is 0 Å². The highest BCUT2D eigenvalue weighted by Gasteiger charge is 2.15. The van der Waals surface area contributed by atoms with Crippen molar-refractivity contribution < 1.29 is 9.53 Å². The first-order valence-electron chi connectivity index (χ1n) is 10.2.